The average Bonchev–Trinajstić information content (AvgIpc) is 3.37. The molecule has 0 unspecified atom stereocenters. The first-order valence-electron chi connectivity index (χ1n) is 12.5. The Bertz CT molecular complexity index is 1430. The summed E-state index contributed by atoms with van der Waals surface area (Å²) < 4.78 is 42.0. The molecule has 4 aromatic rings. The summed E-state index contributed by atoms with van der Waals surface area (Å²) in [6.45, 7) is 4.40. The van der Waals surface area contributed by atoms with Gasteiger partial charge in [-0.3, -0.25) is 9.88 Å². The van der Waals surface area contributed by atoms with Crippen molar-refractivity contribution in [1.29, 1.82) is 0 Å². The van der Waals surface area contributed by atoms with Crippen molar-refractivity contribution in [3.8, 4) is 17.2 Å². The molecular formula is C27H27F3N8O. The highest BCUT2D eigenvalue weighted by atomic mass is 19.4. The van der Waals surface area contributed by atoms with Crippen molar-refractivity contribution in [2.24, 2.45) is 0 Å². The maximum absolute atomic E-state index is 13.5. The van der Waals surface area contributed by atoms with Crippen LogP contribution in [0.15, 0.2) is 73.1 Å². The molecule has 0 bridgehead atoms. The number of nitrogens with one attached hydrogen (secondary N) is 3. The number of amides is 2. The van der Waals surface area contributed by atoms with Crippen LogP contribution in [0.25, 0.3) is 17.2 Å². The molecule has 1 atom stereocenters. The summed E-state index contributed by atoms with van der Waals surface area (Å²) in [5.41, 5.74) is 0.456. The van der Waals surface area contributed by atoms with Crippen molar-refractivity contribution in [1.82, 2.24) is 29.7 Å². The second-order valence-corrected chi connectivity index (χ2v) is 9.08. The summed E-state index contributed by atoms with van der Waals surface area (Å²) in [4.78, 5) is 27.9. The number of piperazine rings is 1. The number of hydrogen-bond acceptors (Lipinski definition) is 6. The molecule has 1 aliphatic heterocycles. The van der Waals surface area contributed by atoms with E-state index in [0.717, 1.165) is 17.7 Å². The molecule has 2 aromatic heterocycles. The number of rotatable bonds is 6. The van der Waals surface area contributed by atoms with Crippen LogP contribution in [0.2, 0.25) is 0 Å². The predicted octanol–water partition coefficient (Wildman–Crippen LogP) is 4.96. The monoisotopic (exact) mass is 536 g/mol. The van der Waals surface area contributed by atoms with Gasteiger partial charge in [-0.2, -0.15) is 18.2 Å². The molecule has 3 heterocycles. The molecule has 3 N–H and O–H groups in total. The van der Waals surface area contributed by atoms with Crippen LogP contribution in [0, 0.1) is 0 Å². The smallest absolute Gasteiger partial charge is 0.348 e. The maximum Gasteiger partial charge on any atom is 0.416 e. The fraction of sp³-hybridized carbons (Fsp3) is 0.259. The van der Waals surface area contributed by atoms with E-state index in [2.05, 4.69) is 30.9 Å². The van der Waals surface area contributed by atoms with Gasteiger partial charge in [-0.15, -0.1) is 0 Å². The summed E-state index contributed by atoms with van der Waals surface area (Å²) >= 11 is 0. The minimum absolute atomic E-state index is 0.0962. The van der Waals surface area contributed by atoms with E-state index >= 15 is 0 Å². The van der Waals surface area contributed by atoms with Crippen LogP contribution in [-0.4, -0.2) is 56.6 Å². The molecule has 0 aliphatic carbocycles. The normalized spacial score (nSPS) is 14.6. The van der Waals surface area contributed by atoms with Crippen molar-refractivity contribution in [2.45, 2.75) is 19.1 Å². The fourth-order valence-electron chi connectivity index (χ4n) is 4.28. The highest BCUT2D eigenvalue weighted by Crippen LogP contribution is 2.33. The van der Waals surface area contributed by atoms with E-state index in [0.29, 0.717) is 37.9 Å². The van der Waals surface area contributed by atoms with Crippen molar-refractivity contribution in [3.05, 3.63) is 84.2 Å². The van der Waals surface area contributed by atoms with Gasteiger partial charge in [-0.1, -0.05) is 42.5 Å². The number of benzene rings is 2. The zero-order valence-electron chi connectivity index (χ0n) is 21.1. The average molecular weight is 537 g/mol. The third-order valence-corrected chi connectivity index (χ3v) is 6.33. The summed E-state index contributed by atoms with van der Waals surface area (Å²) in [7, 11) is 0. The molecule has 9 nitrogen and oxygen atoms in total. The number of carbonyl (C=O) groups is 1. The molecule has 1 aliphatic rings. The highest BCUT2D eigenvalue weighted by molar-refractivity contribution is 5.88. The van der Waals surface area contributed by atoms with E-state index in [9.17, 15) is 18.0 Å². The van der Waals surface area contributed by atoms with E-state index in [1.165, 1.54) is 12.1 Å². The summed E-state index contributed by atoms with van der Waals surface area (Å²) in [6.07, 6.45) is -1.42. The van der Waals surface area contributed by atoms with Crippen molar-refractivity contribution < 1.29 is 18.0 Å². The van der Waals surface area contributed by atoms with Crippen LogP contribution in [0.5, 0.6) is 0 Å². The Labute approximate surface area is 223 Å². The van der Waals surface area contributed by atoms with Gasteiger partial charge in [0.25, 0.3) is 0 Å². The molecule has 39 heavy (non-hydrogen) atoms. The zero-order valence-corrected chi connectivity index (χ0v) is 21.1. The number of nitrogens with zero attached hydrogens (tertiary/aromatic N) is 5. The van der Waals surface area contributed by atoms with Crippen molar-refractivity contribution >= 4 is 17.8 Å². The molecule has 2 aromatic carbocycles. The first kappa shape index (κ1) is 26.2. The lowest BCUT2D eigenvalue weighted by Gasteiger charge is -2.27. The molecule has 12 heteroatoms. The van der Waals surface area contributed by atoms with Crippen LogP contribution in [-0.2, 0) is 6.18 Å². The summed E-state index contributed by atoms with van der Waals surface area (Å²) in [6, 6.07) is 15.9. The first-order valence-corrected chi connectivity index (χ1v) is 12.5. The molecule has 1 saturated heterocycles. The lowest BCUT2D eigenvalue weighted by atomic mass is 10.1. The minimum Gasteiger partial charge on any atom is -0.348 e. The Morgan fingerprint density at radius 3 is 2.54 bits per heavy atom. The van der Waals surface area contributed by atoms with Crippen LogP contribution < -0.4 is 16.0 Å². The van der Waals surface area contributed by atoms with Crippen LogP contribution in [0.4, 0.5) is 29.7 Å². The molecule has 0 radical (unpaired) electrons. The maximum atomic E-state index is 13.5. The summed E-state index contributed by atoms with van der Waals surface area (Å²) in [5.74, 6) is 1.09. The van der Waals surface area contributed by atoms with Gasteiger partial charge >= 0.3 is 12.2 Å². The Morgan fingerprint density at radius 2 is 1.79 bits per heavy atom. The molecule has 0 saturated carbocycles. The Balaban J connectivity index is 1.50. The minimum atomic E-state index is -4.52. The molecule has 1 fully saturated rings. The lowest BCUT2D eigenvalue weighted by molar-refractivity contribution is -0.137. The third-order valence-electron chi connectivity index (χ3n) is 6.33. The topological polar surface area (TPSA) is 100 Å². The molecule has 5 rings (SSSR count). The van der Waals surface area contributed by atoms with Gasteiger partial charge in [-0.25, -0.2) is 14.8 Å². The van der Waals surface area contributed by atoms with Crippen LogP contribution in [0.1, 0.15) is 24.1 Å². The Morgan fingerprint density at radius 1 is 1.03 bits per heavy atom. The SMILES string of the molecule is C[C@H](Nc1nccc(-n2cc(NC(=O)N3CCNCC3)nc2-c2cccc(C(F)(F)F)c2)n1)c1ccccc1. The molecular weight excluding hydrogens is 509 g/mol. The number of imidazole rings is 1. The van der Waals surface area contributed by atoms with Gasteiger partial charge in [-0.05, 0) is 30.7 Å². The standard InChI is InChI=1S/C27H27F3N8O/c1-18(19-6-3-2-4-7-19)33-25-32-11-10-23(36-25)38-17-22(35-26(39)37-14-12-31-13-15-37)34-24(38)20-8-5-9-21(16-20)27(28,29)30/h2-11,16-18,31H,12-15H2,1H3,(H,35,39)(H,32,33,36)/t18-/m0/s1. The van der Waals surface area contributed by atoms with E-state index < -0.39 is 11.7 Å². The van der Waals surface area contributed by atoms with E-state index in [1.807, 2.05) is 37.3 Å². The number of halogens is 3. The van der Waals surface area contributed by atoms with E-state index in [-0.39, 0.29) is 29.3 Å². The summed E-state index contributed by atoms with van der Waals surface area (Å²) in [5, 5.41) is 9.21. The van der Waals surface area contributed by atoms with Gasteiger partial charge < -0.3 is 15.5 Å². The largest absolute Gasteiger partial charge is 0.416 e. The third kappa shape index (κ3) is 6.17. The number of carbonyl (C=O) groups excluding carboxylic acids is 1. The van der Waals surface area contributed by atoms with Crippen LogP contribution >= 0.6 is 0 Å². The quantitative estimate of drug-likeness (QED) is 0.322. The molecule has 202 valence electrons. The molecule has 2 amide bonds. The van der Waals surface area contributed by atoms with E-state index in [1.54, 1.807) is 27.9 Å². The van der Waals surface area contributed by atoms with Crippen molar-refractivity contribution in [3.63, 3.8) is 0 Å². The first-order chi connectivity index (χ1) is 18.8. The number of hydrogen-bond donors (Lipinski definition) is 3. The van der Waals surface area contributed by atoms with Crippen LogP contribution in [0.3, 0.4) is 0 Å². The van der Waals surface area contributed by atoms with E-state index in [4.69, 9.17) is 0 Å². The highest BCUT2D eigenvalue weighted by Gasteiger charge is 2.31. The van der Waals surface area contributed by atoms with Gasteiger partial charge in [0, 0.05) is 37.9 Å². The number of alkyl halides is 3. The Hall–Kier alpha value is -4.45. The Kier molecular flexibility index (Phi) is 7.46. The number of anilines is 2. The second kappa shape index (κ2) is 11.1. The van der Waals surface area contributed by atoms with Gasteiger partial charge in [0.2, 0.25) is 5.95 Å². The lowest BCUT2D eigenvalue weighted by Crippen LogP contribution is -2.48. The molecule has 0 spiro atoms. The van der Waals surface area contributed by atoms with Gasteiger partial charge in [0.15, 0.2) is 5.82 Å². The van der Waals surface area contributed by atoms with Crippen molar-refractivity contribution in [2.75, 3.05) is 36.8 Å². The van der Waals surface area contributed by atoms with Gasteiger partial charge in [0.05, 0.1) is 17.8 Å². The zero-order chi connectivity index (χ0) is 27.4. The second-order valence-electron chi connectivity index (χ2n) is 9.08. The van der Waals surface area contributed by atoms with Gasteiger partial charge in [0.1, 0.15) is 11.6 Å². The fourth-order valence-corrected chi connectivity index (χ4v) is 4.28. The number of aromatic nitrogens is 4. The number of urea groups is 1. The predicted molar refractivity (Wildman–Crippen MR) is 142 cm³/mol.